The molecule has 138 valence electrons. The number of pyridine rings is 1. The lowest BCUT2D eigenvalue weighted by atomic mass is 9.75. The van der Waals surface area contributed by atoms with E-state index in [4.69, 9.17) is 21.1 Å². The largest absolute Gasteiger partial charge is 0.481 e. The third kappa shape index (κ3) is 3.43. The van der Waals surface area contributed by atoms with Crippen LogP contribution >= 0.6 is 11.6 Å². The molecule has 0 N–H and O–H groups in total. The second-order valence-corrected chi connectivity index (χ2v) is 7.84. The Bertz CT molecular complexity index is 832. The van der Waals surface area contributed by atoms with Crippen LogP contribution < -0.4 is 4.74 Å². The third-order valence-electron chi connectivity index (χ3n) is 5.43. The SMILES string of the molecule is COC(=O)c1ccc(-c2cc(OC)ncc2Cl)c([C@@H]2CCCC2(C)C)c1. The summed E-state index contributed by atoms with van der Waals surface area (Å²) in [6.07, 6.45) is 5.03. The molecule has 0 unspecified atom stereocenters. The van der Waals surface area contributed by atoms with Crippen molar-refractivity contribution in [2.24, 2.45) is 5.41 Å². The molecule has 1 saturated carbocycles. The Labute approximate surface area is 159 Å². The van der Waals surface area contributed by atoms with Crippen LogP contribution in [0.2, 0.25) is 5.02 Å². The van der Waals surface area contributed by atoms with Crippen LogP contribution in [0.1, 0.15) is 54.9 Å². The van der Waals surface area contributed by atoms with Gasteiger partial charge in [-0.3, -0.25) is 0 Å². The lowest BCUT2D eigenvalue weighted by molar-refractivity contribution is 0.0600. The van der Waals surface area contributed by atoms with E-state index < -0.39 is 0 Å². The fourth-order valence-electron chi connectivity index (χ4n) is 3.98. The van der Waals surface area contributed by atoms with Crippen LogP contribution in [0.3, 0.4) is 0 Å². The highest BCUT2D eigenvalue weighted by Gasteiger charge is 2.37. The number of carbonyl (C=O) groups is 1. The summed E-state index contributed by atoms with van der Waals surface area (Å²) in [5, 5.41) is 0.564. The fraction of sp³-hybridized carbons (Fsp3) is 0.429. The highest BCUT2D eigenvalue weighted by molar-refractivity contribution is 6.33. The summed E-state index contributed by atoms with van der Waals surface area (Å²) in [4.78, 5) is 16.2. The standard InChI is InChI=1S/C21H24ClNO3/c1-21(2)9-5-6-17(21)15-10-13(20(24)26-4)7-8-14(15)16-11-19(25-3)23-12-18(16)22/h7-8,10-12,17H,5-6,9H2,1-4H3/t17-/m0/s1. The van der Waals surface area contributed by atoms with E-state index in [0.717, 1.165) is 29.5 Å². The predicted octanol–water partition coefficient (Wildman–Crippen LogP) is 5.49. The summed E-state index contributed by atoms with van der Waals surface area (Å²) in [5.74, 6) is 0.530. The summed E-state index contributed by atoms with van der Waals surface area (Å²) < 4.78 is 10.2. The first-order valence-corrected chi connectivity index (χ1v) is 9.17. The van der Waals surface area contributed by atoms with Crippen LogP contribution in [0.25, 0.3) is 11.1 Å². The molecular weight excluding hydrogens is 350 g/mol. The van der Waals surface area contributed by atoms with Crippen LogP contribution in [-0.4, -0.2) is 25.2 Å². The van der Waals surface area contributed by atoms with Crippen molar-refractivity contribution in [3.8, 4) is 17.0 Å². The molecular formula is C21H24ClNO3. The van der Waals surface area contributed by atoms with Crippen LogP contribution in [0.5, 0.6) is 5.88 Å². The molecule has 4 nitrogen and oxygen atoms in total. The molecule has 0 aliphatic heterocycles. The summed E-state index contributed by atoms with van der Waals surface area (Å²) in [7, 11) is 2.99. The topological polar surface area (TPSA) is 48.4 Å². The minimum Gasteiger partial charge on any atom is -0.481 e. The van der Waals surface area contributed by atoms with Gasteiger partial charge in [-0.05, 0) is 47.4 Å². The zero-order valence-corrected chi connectivity index (χ0v) is 16.4. The van der Waals surface area contributed by atoms with Gasteiger partial charge in [0, 0.05) is 11.6 Å². The van der Waals surface area contributed by atoms with E-state index in [2.05, 4.69) is 18.8 Å². The molecule has 1 aromatic heterocycles. The molecule has 1 aliphatic carbocycles. The van der Waals surface area contributed by atoms with E-state index in [-0.39, 0.29) is 11.4 Å². The number of hydrogen-bond acceptors (Lipinski definition) is 4. The van der Waals surface area contributed by atoms with Gasteiger partial charge in [-0.1, -0.05) is 37.9 Å². The van der Waals surface area contributed by atoms with E-state index in [1.54, 1.807) is 19.4 Å². The monoisotopic (exact) mass is 373 g/mol. The first-order chi connectivity index (χ1) is 12.4. The fourth-order valence-corrected chi connectivity index (χ4v) is 4.19. The number of nitrogens with zero attached hydrogens (tertiary/aromatic N) is 1. The zero-order chi connectivity index (χ0) is 18.9. The van der Waals surface area contributed by atoms with Gasteiger partial charge in [-0.15, -0.1) is 0 Å². The zero-order valence-electron chi connectivity index (χ0n) is 15.6. The Morgan fingerprint density at radius 3 is 2.62 bits per heavy atom. The second-order valence-electron chi connectivity index (χ2n) is 7.43. The minimum absolute atomic E-state index is 0.160. The molecule has 1 atom stereocenters. The first kappa shape index (κ1) is 18.7. The van der Waals surface area contributed by atoms with Crippen molar-refractivity contribution >= 4 is 17.6 Å². The number of ether oxygens (including phenoxy) is 2. The van der Waals surface area contributed by atoms with Gasteiger partial charge in [0.15, 0.2) is 0 Å². The Balaban J connectivity index is 2.20. The van der Waals surface area contributed by atoms with Gasteiger partial charge in [-0.2, -0.15) is 0 Å². The lowest BCUT2D eigenvalue weighted by Crippen LogP contribution is -2.17. The number of rotatable bonds is 4. The Hall–Kier alpha value is -2.07. The molecule has 1 heterocycles. The smallest absolute Gasteiger partial charge is 0.337 e. The van der Waals surface area contributed by atoms with Gasteiger partial charge < -0.3 is 9.47 Å². The van der Waals surface area contributed by atoms with Crippen molar-refractivity contribution in [2.75, 3.05) is 14.2 Å². The quantitative estimate of drug-likeness (QED) is 0.665. The van der Waals surface area contributed by atoms with Gasteiger partial charge in [0.25, 0.3) is 0 Å². The molecule has 0 amide bonds. The second kappa shape index (κ2) is 7.28. The molecule has 3 rings (SSSR count). The van der Waals surface area contributed by atoms with Crippen LogP contribution in [0.15, 0.2) is 30.5 Å². The van der Waals surface area contributed by atoms with Gasteiger partial charge in [0.05, 0.1) is 31.0 Å². The molecule has 0 saturated heterocycles. The van der Waals surface area contributed by atoms with Crippen molar-refractivity contribution in [3.63, 3.8) is 0 Å². The maximum absolute atomic E-state index is 12.1. The number of esters is 1. The summed E-state index contributed by atoms with van der Waals surface area (Å²) in [6, 6.07) is 7.55. The maximum Gasteiger partial charge on any atom is 0.337 e. The van der Waals surface area contributed by atoms with E-state index in [1.807, 2.05) is 18.2 Å². The van der Waals surface area contributed by atoms with Crippen molar-refractivity contribution in [2.45, 2.75) is 39.0 Å². The average molecular weight is 374 g/mol. The summed E-state index contributed by atoms with van der Waals surface area (Å²) in [5.41, 5.74) is 3.74. The van der Waals surface area contributed by atoms with Crippen molar-refractivity contribution in [3.05, 3.63) is 46.6 Å². The van der Waals surface area contributed by atoms with Crippen LogP contribution in [0, 0.1) is 5.41 Å². The van der Waals surface area contributed by atoms with Gasteiger partial charge in [0.2, 0.25) is 5.88 Å². The number of aromatic nitrogens is 1. The van der Waals surface area contributed by atoms with E-state index in [1.165, 1.54) is 13.5 Å². The molecule has 26 heavy (non-hydrogen) atoms. The number of halogens is 1. The molecule has 1 fully saturated rings. The van der Waals surface area contributed by atoms with Gasteiger partial charge in [-0.25, -0.2) is 9.78 Å². The normalized spacial score (nSPS) is 18.6. The van der Waals surface area contributed by atoms with E-state index >= 15 is 0 Å². The van der Waals surface area contributed by atoms with E-state index in [0.29, 0.717) is 22.4 Å². The van der Waals surface area contributed by atoms with Gasteiger partial charge >= 0.3 is 5.97 Å². The molecule has 2 aromatic rings. The van der Waals surface area contributed by atoms with Crippen molar-refractivity contribution < 1.29 is 14.3 Å². The van der Waals surface area contributed by atoms with Crippen molar-refractivity contribution in [1.82, 2.24) is 4.98 Å². The van der Waals surface area contributed by atoms with Crippen LogP contribution in [-0.2, 0) is 4.74 Å². The molecule has 1 aromatic carbocycles. The lowest BCUT2D eigenvalue weighted by Gasteiger charge is -2.29. The van der Waals surface area contributed by atoms with Crippen molar-refractivity contribution in [1.29, 1.82) is 0 Å². The molecule has 0 spiro atoms. The Morgan fingerprint density at radius 1 is 1.23 bits per heavy atom. The summed E-state index contributed by atoms with van der Waals surface area (Å²) >= 11 is 6.46. The average Bonchev–Trinajstić information content (AvgIpc) is 3.00. The summed E-state index contributed by atoms with van der Waals surface area (Å²) in [6.45, 7) is 4.57. The molecule has 1 aliphatic rings. The van der Waals surface area contributed by atoms with E-state index in [9.17, 15) is 4.79 Å². The maximum atomic E-state index is 12.1. The predicted molar refractivity (Wildman–Crippen MR) is 103 cm³/mol. The first-order valence-electron chi connectivity index (χ1n) is 8.79. The third-order valence-corrected chi connectivity index (χ3v) is 5.74. The number of benzene rings is 1. The molecule has 0 radical (unpaired) electrons. The number of hydrogen-bond donors (Lipinski definition) is 0. The molecule has 0 bridgehead atoms. The highest BCUT2D eigenvalue weighted by Crippen LogP contribution is 2.51. The van der Waals surface area contributed by atoms with Crippen LogP contribution in [0.4, 0.5) is 0 Å². The number of methoxy groups -OCH3 is 2. The van der Waals surface area contributed by atoms with Gasteiger partial charge in [0.1, 0.15) is 0 Å². The Morgan fingerprint density at radius 2 is 2.00 bits per heavy atom. The molecule has 5 heteroatoms. The highest BCUT2D eigenvalue weighted by atomic mass is 35.5. The minimum atomic E-state index is -0.327. The Kier molecular flexibility index (Phi) is 5.24. The number of carbonyl (C=O) groups excluding carboxylic acids is 1.